The number of aryl methyl sites for hydroxylation is 1. The first-order valence-corrected chi connectivity index (χ1v) is 6.86. The SMILES string of the molecule is COCCCn1nccc1C1CCCCCC1=O. The zero-order valence-electron chi connectivity index (χ0n) is 11.1. The van der Waals surface area contributed by atoms with Crippen molar-refractivity contribution in [3.63, 3.8) is 0 Å². The molecule has 4 nitrogen and oxygen atoms in total. The first-order chi connectivity index (χ1) is 8.83. The van der Waals surface area contributed by atoms with Gasteiger partial charge in [0.25, 0.3) is 0 Å². The molecule has 0 saturated heterocycles. The van der Waals surface area contributed by atoms with E-state index in [4.69, 9.17) is 4.74 Å². The molecule has 1 saturated carbocycles. The number of Topliss-reactive ketones (excluding diaryl/α,β-unsaturated/α-hetero) is 1. The Balaban J connectivity index is 2.06. The molecule has 1 unspecified atom stereocenters. The molecule has 0 amide bonds. The Morgan fingerprint density at radius 2 is 2.33 bits per heavy atom. The molecule has 1 aromatic rings. The molecular weight excluding hydrogens is 228 g/mol. The van der Waals surface area contributed by atoms with Crippen LogP contribution in [0.1, 0.15) is 50.1 Å². The third kappa shape index (κ3) is 3.19. The minimum Gasteiger partial charge on any atom is -0.385 e. The predicted octanol–water partition coefficient (Wildman–Crippen LogP) is 2.54. The van der Waals surface area contributed by atoms with Gasteiger partial charge >= 0.3 is 0 Å². The van der Waals surface area contributed by atoms with E-state index in [0.29, 0.717) is 5.78 Å². The van der Waals surface area contributed by atoms with E-state index in [2.05, 4.69) is 5.10 Å². The molecule has 1 atom stereocenters. The Kier molecular flexibility index (Phi) is 4.93. The quantitative estimate of drug-likeness (QED) is 0.596. The van der Waals surface area contributed by atoms with E-state index in [1.54, 1.807) is 13.3 Å². The van der Waals surface area contributed by atoms with Gasteiger partial charge in [-0.2, -0.15) is 5.10 Å². The second-order valence-corrected chi connectivity index (χ2v) is 4.94. The topological polar surface area (TPSA) is 44.1 Å². The third-order valence-corrected chi connectivity index (χ3v) is 3.63. The van der Waals surface area contributed by atoms with Crippen LogP contribution in [0.15, 0.2) is 12.3 Å². The zero-order valence-corrected chi connectivity index (χ0v) is 11.1. The molecule has 0 N–H and O–H groups in total. The smallest absolute Gasteiger partial charge is 0.141 e. The van der Waals surface area contributed by atoms with Gasteiger partial charge in [-0.15, -0.1) is 0 Å². The first kappa shape index (κ1) is 13.3. The van der Waals surface area contributed by atoms with Gasteiger partial charge in [-0.25, -0.2) is 0 Å². The number of nitrogens with zero attached hydrogens (tertiary/aromatic N) is 2. The van der Waals surface area contributed by atoms with Crippen LogP contribution in [0.2, 0.25) is 0 Å². The Bertz CT molecular complexity index is 387. The van der Waals surface area contributed by atoms with Crippen molar-refractivity contribution in [1.29, 1.82) is 0 Å². The second-order valence-electron chi connectivity index (χ2n) is 4.94. The predicted molar refractivity (Wildman–Crippen MR) is 69.6 cm³/mol. The van der Waals surface area contributed by atoms with Crippen molar-refractivity contribution in [3.05, 3.63) is 18.0 Å². The van der Waals surface area contributed by atoms with Crippen molar-refractivity contribution in [2.24, 2.45) is 0 Å². The summed E-state index contributed by atoms with van der Waals surface area (Å²) >= 11 is 0. The molecule has 1 aliphatic rings. The summed E-state index contributed by atoms with van der Waals surface area (Å²) in [7, 11) is 1.71. The first-order valence-electron chi connectivity index (χ1n) is 6.86. The number of hydrogen-bond donors (Lipinski definition) is 0. The third-order valence-electron chi connectivity index (χ3n) is 3.63. The molecule has 2 rings (SSSR count). The van der Waals surface area contributed by atoms with E-state index in [1.807, 2.05) is 10.7 Å². The molecule has 0 spiro atoms. The Morgan fingerprint density at radius 3 is 3.17 bits per heavy atom. The maximum Gasteiger partial charge on any atom is 0.141 e. The van der Waals surface area contributed by atoms with Crippen LogP contribution >= 0.6 is 0 Å². The largest absolute Gasteiger partial charge is 0.385 e. The van der Waals surface area contributed by atoms with E-state index in [9.17, 15) is 4.79 Å². The maximum atomic E-state index is 12.1. The summed E-state index contributed by atoms with van der Waals surface area (Å²) in [5, 5.41) is 4.34. The van der Waals surface area contributed by atoms with Crippen LogP contribution in [-0.4, -0.2) is 29.3 Å². The molecule has 0 bridgehead atoms. The minimum absolute atomic E-state index is 0.0672. The number of carbonyl (C=O) groups is 1. The van der Waals surface area contributed by atoms with Gasteiger partial charge in [-0.05, 0) is 25.3 Å². The van der Waals surface area contributed by atoms with E-state index in [1.165, 1.54) is 6.42 Å². The van der Waals surface area contributed by atoms with Gasteiger partial charge in [-0.1, -0.05) is 12.8 Å². The lowest BCUT2D eigenvalue weighted by atomic mass is 9.95. The van der Waals surface area contributed by atoms with Crippen LogP contribution in [0.5, 0.6) is 0 Å². The molecular formula is C14H22N2O2. The zero-order chi connectivity index (χ0) is 12.8. The van der Waals surface area contributed by atoms with Crippen LogP contribution < -0.4 is 0 Å². The summed E-state index contributed by atoms with van der Waals surface area (Å²) < 4.78 is 7.04. The minimum atomic E-state index is 0.0672. The number of ketones is 1. The van der Waals surface area contributed by atoms with Crippen LogP contribution in [0.4, 0.5) is 0 Å². The lowest BCUT2D eigenvalue weighted by Gasteiger charge is -2.15. The van der Waals surface area contributed by atoms with Crippen molar-refractivity contribution >= 4 is 5.78 Å². The summed E-state index contributed by atoms with van der Waals surface area (Å²) in [6.07, 6.45) is 7.84. The normalized spacial score (nSPS) is 20.9. The fourth-order valence-corrected chi connectivity index (χ4v) is 2.66. The highest BCUT2D eigenvalue weighted by Gasteiger charge is 2.25. The summed E-state index contributed by atoms with van der Waals surface area (Å²) in [6, 6.07) is 2.00. The fraction of sp³-hybridized carbons (Fsp3) is 0.714. The van der Waals surface area contributed by atoms with Crippen LogP contribution in [0.3, 0.4) is 0 Å². The van der Waals surface area contributed by atoms with Crippen molar-refractivity contribution in [2.45, 2.75) is 51.0 Å². The monoisotopic (exact) mass is 250 g/mol. The second kappa shape index (κ2) is 6.69. The van der Waals surface area contributed by atoms with E-state index in [-0.39, 0.29) is 5.92 Å². The highest BCUT2D eigenvalue weighted by atomic mass is 16.5. The highest BCUT2D eigenvalue weighted by Crippen LogP contribution is 2.28. The average molecular weight is 250 g/mol. The Labute approximate surface area is 108 Å². The maximum absolute atomic E-state index is 12.1. The lowest BCUT2D eigenvalue weighted by Crippen LogP contribution is -2.16. The summed E-state index contributed by atoms with van der Waals surface area (Å²) in [4.78, 5) is 12.1. The molecule has 100 valence electrons. The lowest BCUT2D eigenvalue weighted by molar-refractivity contribution is -0.120. The number of rotatable bonds is 5. The van der Waals surface area contributed by atoms with Crippen molar-refractivity contribution < 1.29 is 9.53 Å². The molecule has 1 aliphatic carbocycles. The van der Waals surface area contributed by atoms with Gasteiger partial charge in [0.15, 0.2) is 0 Å². The van der Waals surface area contributed by atoms with Gasteiger partial charge < -0.3 is 4.74 Å². The van der Waals surface area contributed by atoms with E-state index >= 15 is 0 Å². The number of carbonyl (C=O) groups excluding carboxylic acids is 1. The van der Waals surface area contributed by atoms with Crippen molar-refractivity contribution in [1.82, 2.24) is 9.78 Å². The van der Waals surface area contributed by atoms with Crippen molar-refractivity contribution in [3.8, 4) is 0 Å². The molecule has 1 fully saturated rings. The standard InChI is InChI=1S/C14H22N2O2/c1-18-11-5-10-16-13(8-9-15-16)12-6-3-2-4-7-14(12)17/h8-9,12H,2-7,10-11H2,1H3. The summed E-state index contributed by atoms with van der Waals surface area (Å²) in [5.74, 6) is 0.457. The van der Waals surface area contributed by atoms with E-state index < -0.39 is 0 Å². The Hall–Kier alpha value is -1.16. The molecule has 18 heavy (non-hydrogen) atoms. The van der Waals surface area contributed by atoms with Gasteiger partial charge in [0.1, 0.15) is 5.78 Å². The fourth-order valence-electron chi connectivity index (χ4n) is 2.66. The van der Waals surface area contributed by atoms with E-state index in [0.717, 1.165) is 50.9 Å². The van der Waals surface area contributed by atoms with Gasteiger partial charge in [0.2, 0.25) is 0 Å². The molecule has 0 aromatic carbocycles. The van der Waals surface area contributed by atoms with Gasteiger partial charge in [0.05, 0.1) is 5.92 Å². The summed E-state index contributed by atoms with van der Waals surface area (Å²) in [6.45, 7) is 1.57. The van der Waals surface area contributed by atoms with Crippen LogP contribution in [0, 0.1) is 0 Å². The molecule has 1 heterocycles. The molecule has 0 radical (unpaired) electrons. The van der Waals surface area contributed by atoms with Gasteiger partial charge in [-0.3, -0.25) is 9.48 Å². The number of methoxy groups -OCH3 is 1. The summed E-state index contributed by atoms with van der Waals surface area (Å²) in [5.41, 5.74) is 1.10. The van der Waals surface area contributed by atoms with Gasteiger partial charge in [0, 0.05) is 38.6 Å². The van der Waals surface area contributed by atoms with Crippen molar-refractivity contribution in [2.75, 3.05) is 13.7 Å². The van der Waals surface area contributed by atoms with Crippen LogP contribution in [0.25, 0.3) is 0 Å². The average Bonchev–Trinajstić information content (AvgIpc) is 2.72. The highest BCUT2D eigenvalue weighted by molar-refractivity contribution is 5.85. The molecule has 4 heteroatoms. The molecule has 0 aliphatic heterocycles. The number of aromatic nitrogens is 2. The molecule has 1 aromatic heterocycles. The number of ether oxygens (including phenoxy) is 1. The Morgan fingerprint density at radius 1 is 1.44 bits per heavy atom. The number of hydrogen-bond acceptors (Lipinski definition) is 3. The van der Waals surface area contributed by atoms with Crippen LogP contribution in [-0.2, 0) is 16.1 Å².